The van der Waals surface area contributed by atoms with Crippen molar-refractivity contribution in [1.82, 2.24) is 20.0 Å². The lowest BCUT2D eigenvalue weighted by Gasteiger charge is -2.30. The summed E-state index contributed by atoms with van der Waals surface area (Å²) in [5, 5.41) is 6.38. The van der Waals surface area contributed by atoms with E-state index < -0.39 is 17.8 Å². The number of halogens is 3. The van der Waals surface area contributed by atoms with Crippen molar-refractivity contribution in [3.8, 4) is 0 Å². The largest absolute Gasteiger partial charge is 0.435 e. The normalized spacial score (nSPS) is 18.9. The number of hydrogen-bond donors (Lipinski definition) is 1. The number of rotatable bonds is 7. The number of hydrogen-bond acceptors (Lipinski definition) is 4. The van der Waals surface area contributed by atoms with E-state index in [1.54, 1.807) is 0 Å². The quantitative estimate of drug-likeness (QED) is 0.727. The molecule has 2 rings (SSSR count). The lowest BCUT2D eigenvalue weighted by molar-refractivity contribution is -0.142. The van der Waals surface area contributed by atoms with Crippen LogP contribution < -0.4 is 5.32 Å². The Morgan fingerprint density at radius 3 is 2.70 bits per heavy atom. The molecule has 1 unspecified atom stereocenters. The van der Waals surface area contributed by atoms with E-state index in [-0.39, 0.29) is 29.9 Å². The van der Waals surface area contributed by atoms with Gasteiger partial charge in [0.25, 0.3) is 5.91 Å². The molecule has 9 heteroatoms. The Hall–Kier alpha value is -1.61. The molecule has 1 aromatic rings. The molecule has 0 spiro atoms. The van der Waals surface area contributed by atoms with Gasteiger partial charge in [0.2, 0.25) is 0 Å². The van der Waals surface area contributed by atoms with Crippen LogP contribution in [0.2, 0.25) is 0 Å². The van der Waals surface area contributed by atoms with Crippen molar-refractivity contribution >= 4 is 5.91 Å². The van der Waals surface area contributed by atoms with E-state index in [0.717, 1.165) is 19.4 Å². The average Bonchev–Trinajstić information content (AvgIpc) is 2.91. The Bertz CT molecular complexity index is 643. The van der Waals surface area contributed by atoms with Gasteiger partial charge in [-0.25, -0.2) is 0 Å². The average molecular weight is 390 g/mol. The fraction of sp³-hybridized carbons (Fsp3) is 0.778. The SMILES string of the molecule is Cc1c(C(=O)NCCCOC(C)C)c(C(F)(F)F)nn1C1CCCN(C)C1. The number of likely N-dealkylation sites (tertiary alicyclic amines) is 1. The molecule has 0 aliphatic carbocycles. The molecule has 1 aliphatic heterocycles. The van der Waals surface area contributed by atoms with E-state index in [9.17, 15) is 18.0 Å². The molecule has 1 aliphatic rings. The first-order valence-electron chi connectivity index (χ1n) is 9.36. The second kappa shape index (κ2) is 9.05. The number of piperidine rings is 1. The van der Waals surface area contributed by atoms with Crippen LogP contribution in [-0.4, -0.2) is 60.0 Å². The molecule has 1 aromatic heterocycles. The molecule has 1 atom stereocenters. The van der Waals surface area contributed by atoms with Crippen LogP contribution in [0, 0.1) is 6.92 Å². The summed E-state index contributed by atoms with van der Waals surface area (Å²) in [5.74, 6) is -0.736. The van der Waals surface area contributed by atoms with E-state index in [4.69, 9.17) is 4.74 Å². The molecule has 0 bridgehead atoms. The topological polar surface area (TPSA) is 59.4 Å². The zero-order valence-corrected chi connectivity index (χ0v) is 16.4. The smallest absolute Gasteiger partial charge is 0.379 e. The fourth-order valence-electron chi connectivity index (χ4n) is 3.36. The Morgan fingerprint density at radius 1 is 1.41 bits per heavy atom. The van der Waals surface area contributed by atoms with Crippen molar-refractivity contribution in [3.05, 3.63) is 17.0 Å². The van der Waals surface area contributed by atoms with Gasteiger partial charge in [0.15, 0.2) is 5.69 Å². The number of aromatic nitrogens is 2. The summed E-state index contributed by atoms with van der Waals surface area (Å²) in [6.45, 7) is 7.55. The van der Waals surface area contributed by atoms with Gasteiger partial charge in [-0.2, -0.15) is 18.3 Å². The maximum absolute atomic E-state index is 13.5. The van der Waals surface area contributed by atoms with Crippen molar-refractivity contribution in [2.24, 2.45) is 0 Å². The molecule has 6 nitrogen and oxygen atoms in total. The van der Waals surface area contributed by atoms with Crippen molar-refractivity contribution in [3.63, 3.8) is 0 Å². The molecule has 1 saturated heterocycles. The second-order valence-electron chi connectivity index (χ2n) is 7.34. The number of alkyl halides is 3. The molecule has 27 heavy (non-hydrogen) atoms. The highest BCUT2D eigenvalue weighted by molar-refractivity contribution is 5.96. The third-order valence-electron chi connectivity index (χ3n) is 4.65. The first kappa shape index (κ1) is 21.7. The molecule has 0 aromatic carbocycles. The molecule has 1 fully saturated rings. The summed E-state index contributed by atoms with van der Waals surface area (Å²) >= 11 is 0. The third kappa shape index (κ3) is 5.68. The number of carbonyl (C=O) groups excluding carboxylic acids is 1. The van der Waals surface area contributed by atoms with Gasteiger partial charge in [-0.1, -0.05) is 0 Å². The summed E-state index contributed by atoms with van der Waals surface area (Å²) in [7, 11) is 1.93. The van der Waals surface area contributed by atoms with Crippen LogP contribution in [0.15, 0.2) is 0 Å². The molecule has 2 heterocycles. The van der Waals surface area contributed by atoms with E-state index in [1.807, 2.05) is 20.9 Å². The number of ether oxygens (including phenoxy) is 1. The minimum absolute atomic E-state index is 0.0756. The summed E-state index contributed by atoms with van der Waals surface area (Å²) in [6.07, 6.45) is -2.43. The van der Waals surface area contributed by atoms with E-state index in [1.165, 1.54) is 11.6 Å². The first-order chi connectivity index (χ1) is 12.6. The van der Waals surface area contributed by atoms with Gasteiger partial charge >= 0.3 is 6.18 Å². The molecule has 0 saturated carbocycles. The van der Waals surface area contributed by atoms with E-state index >= 15 is 0 Å². The zero-order valence-electron chi connectivity index (χ0n) is 16.4. The third-order valence-corrected chi connectivity index (χ3v) is 4.65. The van der Waals surface area contributed by atoms with E-state index in [0.29, 0.717) is 19.6 Å². The summed E-state index contributed by atoms with van der Waals surface area (Å²) in [5.41, 5.74) is -1.22. The van der Waals surface area contributed by atoms with Crippen LogP contribution in [-0.2, 0) is 10.9 Å². The molecular weight excluding hydrogens is 361 g/mol. The van der Waals surface area contributed by atoms with Crippen LogP contribution in [0.5, 0.6) is 0 Å². The maximum atomic E-state index is 13.5. The van der Waals surface area contributed by atoms with Crippen LogP contribution in [0.3, 0.4) is 0 Å². The van der Waals surface area contributed by atoms with Crippen molar-refractivity contribution in [2.45, 2.75) is 58.4 Å². The van der Waals surface area contributed by atoms with Crippen molar-refractivity contribution in [1.29, 1.82) is 0 Å². The van der Waals surface area contributed by atoms with Gasteiger partial charge in [0.1, 0.15) is 0 Å². The molecule has 0 radical (unpaired) electrons. The number of carbonyl (C=O) groups is 1. The highest BCUT2D eigenvalue weighted by Crippen LogP contribution is 2.34. The van der Waals surface area contributed by atoms with Crippen LogP contribution in [0.1, 0.15) is 60.9 Å². The number of nitrogens with zero attached hydrogens (tertiary/aromatic N) is 3. The van der Waals surface area contributed by atoms with Gasteiger partial charge < -0.3 is 15.0 Å². The molecule has 1 N–H and O–H groups in total. The maximum Gasteiger partial charge on any atom is 0.435 e. The lowest BCUT2D eigenvalue weighted by Crippen LogP contribution is -2.34. The minimum atomic E-state index is -4.68. The van der Waals surface area contributed by atoms with Gasteiger partial charge in [0.05, 0.1) is 17.7 Å². The zero-order chi connectivity index (χ0) is 20.2. The standard InChI is InChI=1S/C18H29F3N4O2/c1-12(2)27-10-6-8-22-17(26)15-13(3)25(23-16(15)18(19,20)21)14-7-5-9-24(4)11-14/h12,14H,5-11H2,1-4H3,(H,22,26). The highest BCUT2D eigenvalue weighted by Gasteiger charge is 2.41. The summed E-state index contributed by atoms with van der Waals surface area (Å²) in [6, 6.07) is -0.161. The van der Waals surface area contributed by atoms with Gasteiger partial charge in [0, 0.05) is 25.4 Å². The van der Waals surface area contributed by atoms with Crippen molar-refractivity contribution < 1.29 is 22.7 Å². The predicted molar refractivity (Wildman–Crippen MR) is 95.8 cm³/mol. The van der Waals surface area contributed by atoms with Crippen molar-refractivity contribution in [2.75, 3.05) is 33.3 Å². The highest BCUT2D eigenvalue weighted by atomic mass is 19.4. The number of amides is 1. The predicted octanol–water partition coefficient (Wildman–Crippen LogP) is 3.02. The second-order valence-corrected chi connectivity index (χ2v) is 7.34. The van der Waals surface area contributed by atoms with Crippen LogP contribution in [0.4, 0.5) is 13.2 Å². The fourth-order valence-corrected chi connectivity index (χ4v) is 3.36. The Kier molecular flexibility index (Phi) is 7.27. The lowest BCUT2D eigenvalue weighted by atomic mass is 10.1. The summed E-state index contributed by atoms with van der Waals surface area (Å²) < 4.78 is 47.2. The van der Waals surface area contributed by atoms with E-state index in [2.05, 4.69) is 15.3 Å². The molecular formula is C18H29F3N4O2. The molecule has 1 amide bonds. The van der Waals surface area contributed by atoms with Crippen LogP contribution >= 0.6 is 0 Å². The van der Waals surface area contributed by atoms with Crippen LogP contribution in [0.25, 0.3) is 0 Å². The number of nitrogens with one attached hydrogen (secondary N) is 1. The van der Waals surface area contributed by atoms with Gasteiger partial charge in [-0.15, -0.1) is 0 Å². The van der Waals surface area contributed by atoms with Gasteiger partial charge in [-0.3, -0.25) is 9.48 Å². The Labute approximate surface area is 158 Å². The monoisotopic (exact) mass is 390 g/mol. The first-order valence-corrected chi connectivity index (χ1v) is 9.36. The Morgan fingerprint density at radius 2 is 2.11 bits per heavy atom. The Balaban J connectivity index is 2.17. The van der Waals surface area contributed by atoms with Gasteiger partial charge in [-0.05, 0) is 53.6 Å². The molecule has 154 valence electrons. The minimum Gasteiger partial charge on any atom is -0.379 e. The number of likely N-dealkylation sites (N-methyl/N-ethyl adjacent to an activating group) is 1. The summed E-state index contributed by atoms with van der Waals surface area (Å²) in [4.78, 5) is 14.5.